The van der Waals surface area contributed by atoms with Crippen LogP contribution in [0.1, 0.15) is 46.0 Å². The third-order valence-corrected chi connectivity index (χ3v) is 3.53. The van der Waals surface area contributed by atoms with E-state index in [0.717, 1.165) is 38.8 Å². The van der Waals surface area contributed by atoms with Gasteiger partial charge in [0.1, 0.15) is 0 Å². The van der Waals surface area contributed by atoms with Crippen LogP contribution in [0.3, 0.4) is 0 Å². The molecule has 1 heterocycles. The van der Waals surface area contributed by atoms with Crippen molar-refractivity contribution in [1.82, 2.24) is 10.2 Å². The fraction of sp³-hybridized carbons (Fsp3) is 0.929. The minimum Gasteiger partial charge on any atom is -0.383 e. The summed E-state index contributed by atoms with van der Waals surface area (Å²) in [7, 11) is 1.71. The number of nitrogens with zero attached hydrogens (tertiary/aromatic N) is 1. The van der Waals surface area contributed by atoms with Crippen LogP contribution in [0.25, 0.3) is 0 Å². The van der Waals surface area contributed by atoms with Crippen LogP contribution in [0, 0.1) is 0 Å². The minimum atomic E-state index is -0.102. The van der Waals surface area contributed by atoms with Crippen LogP contribution < -0.4 is 5.32 Å². The van der Waals surface area contributed by atoms with E-state index in [9.17, 15) is 4.79 Å². The molecular formula is C14H28N2O2. The molecule has 18 heavy (non-hydrogen) atoms. The number of likely N-dealkylation sites (tertiary alicyclic amines) is 1. The lowest BCUT2D eigenvalue weighted by Crippen LogP contribution is -2.50. The molecule has 0 spiro atoms. The molecule has 2 unspecified atom stereocenters. The van der Waals surface area contributed by atoms with Crippen molar-refractivity contribution in [3.63, 3.8) is 0 Å². The normalized spacial score (nSPS) is 19.6. The largest absolute Gasteiger partial charge is 0.383 e. The van der Waals surface area contributed by atoms with Gasteiger partial charge in [-0.05, 0) is 32.6 Å². The number of rotatable bonds is 7. The van der Waals surface area contributed by atoms with Gasteiger partial charge < -0.3 is 15.0 Å². The maximum Gasteiger partial charge on any atom is 0.239 e. The average Bonchev–Trinajstić information content (AvgIpc) is 2.39. The topological polar surface area (TPSA) is 41.6 Å². The maximum absolute atomic E-state index is 12.3. The van der Waals surface area contributed by atoms with Gasteiger partial charge in [-0.25, -0.2) is 0 Å². The molecule has 0 aromatic rings. The number of carbonyl (C=O) groups is 1. The molecule has 1 rings (SSSR count). The number of carbonyl (C=O) groups excluding carboxylic acids is 1. The Labute approximate surface area is 111 Å². The number of hydrogen-bond acceptors (Lipinski definition) is 3. The molecule has 1 aliphatic rings. The van der Waals surface area contributed by atoms with E-state index in [4.69, 9.17) is 4.74 Å². The fourth-order valence-corrected chi connectivity index (χ4v) is 2.58. The first-order valence-corrected chi connectivity index (χ1v) is 7.22. The van der Waals surface area contributed by atoms with Crippen molar-refractivity contribution in [3.8, 4) is 0 Å². The first-order valence-electron chi connectivity index (χ1n) is 7.22. The predicted octanol–water partition coefficient (Wildman–Crippen LogP) is 1.79. The summed E-state index contributed by atoms with van der Waals surface area (Å²) in [5, 5.41) is 3.40. The number of nitrogens with one attached hydrogen (secondary N) is 1. The van der Waals surface area contributed by atoms with Crippen molar-refractivity contribution in [3.05, 3.63) is 0 Å². The van der Waals surface area contributed by atoms with E-state index in [0.29, 0.717) is 6.61 Å². The maximum atomic E-state index is 12.3. The van der Waals surface area contributed by atoms with Gasteiger partial charge in [-0.2, -0.15) is 0 Å². The highest BCUT2D eigenvalue weighted by molar-refractivity contribution is 5.81. The summed E-state index contributed by atoms with van der Waals surface area (Å²) in [5.74, 6) is 0.243. The molecule has 1 aliphatic heterocycles. The molecule has 0 radical (unpaired) electrons. The second-order valence-corrected chi connectivity index (χ2v) is 5.22. The minimum absolute atomic E-state index is 0.102. The lowest BCUT2D eigenvalue weighted by molar-refractivity contribution is -0.134. The summed E-state index contributed by atoms with van der Waals surface area (Å²) in [6.07, 6.45) is 5.70. The Hall–Kier alpha value is -0.610. The molecule has 0 aromatic carbocycles. The van der Waals surface area contributed by atoms with Gasteiger partial charge in [0.2, 0.25) is 5.91 Å². The van der Waals surface area contributed by atoms with E-state index in [2.05, 4.69) is 12.2 Å². The first kappa shape index (κ1) is 15.4. The van der Waals surface area contributed by atoms with Crippen LogP contribution in [-0.2, 0) is 9.53 Å². The van der Waals surface area contributed by atoms with Crippen LogP contribution >= 0.6 is 0 Å². The van der Waals surface area contributed by atoms with Gasteiger partial charge >= 0.3 is 0 Å². The van der Waals surface area contributed by atoms with Gasteiger partial charge in [0, 0.05) is 26.2 Å². The zero-order chi connectivity index (χ0) is 13.4. The third-order valence-electron chi connectivity index (χ3n) is 3.53. The Morgan fingerprint density at radius 1 is 1.33 bits per heavy atom. The highest BCUT2D eigenvalue weighted by Gasteiger charge is 2.23. The van der Waals surface area contributed by atoms with Crippen molar-refractivity contribution in [1.29, 1.82) is 0 Å². The van der Waals surface area contributed by atoms with Gasteiger partial charge in [0.05, 0.1) is 12.6 Å². The SMILES string of the molecule is CCCC(COC)NC(C)C(=O)N1CCCCC1. The Kier molecular flexibility index (Phi) is 7.28. The van der Waals surface area contributed by atoms with Gasteiger partial charge in [-0.1, -0.05) is 13.3 Å². The number of hydrogen-bond donors (Lipinski definition) is 1. The molecule has 106 valence electrons. The van der Waals surface area contributed by atoms with E-state index in [1.165, 1.54) is 6.42 Å². The molecule has 4 heteroatoms. The zero-order valence-electron chi connectivity index (χ0n) is 12.1. The molecule has 1 fully saturated rings. The van der Waals surface area contributed by atoms with E-state index < -0.39 is 0 Å². The lowest BCUT2D eigenvalue weighted by Gasteiger charge is -2.31. The second kappa shape index (κ2) is 8.48. The van der Waals surface area contributed by atoms with Gasteiger partial charge in [-0.15, -0.1) is 0 Å². The van der Waals surface area contributed by atoms with Crippen molar-refractivity contribution in [2.24, 2.45) is 0 Å². The molecule has 0 saturated carbocycles. The zero-order valence-corrected chi connectivity index (χ0v) is 12.1. The van der Waals surface area contributed by atoms with Crippen LogP contribution in [0.15, 0.2) is 0 Å². The van der Waals surface area contributed by atoms with E-state index in [-0.39, 0.29) is 18.0 Å². The fourth-order valence-electron chi connectivity index (χ4n) is 2.58. The Balaban J connectivity index is 2.40. The van der Waals surface area contributed by atoms with Crippen LogP contribution in [0.2, 0.25) is 0 Å². The summed E-state index contributed by atoms with van der Waals surface area (Å²) >= 11 is 0. The molecule has 0 aliphatic carbocycles. The van der Waals surface area contributed by atoms with Crippen LogP contribution in [0.4, 0.5) is 0 Å². The summed E-state index contributed by atoms with van der Waals surface area (Å²) < 4.78 is 5.20. The van der Waals surface area contributed by atoms with E-state index >= 15 is 0 Å². The van der Waals surface area contributed by atoms with Crippen LogP contribution in [0.5, 0.6) is 0 Å². The molecule has 1 saturated heterocycles. The third kappa shape index (κ3) is 4.94. The van der Waals surface area contributed by atoms with Gasteiger partial charge in [0.25, 0.3) is 0 Å². The summed E-state index contributed by atoms with van der Waals surface area (Å²) in [4.78, 5) is 14.3. The predicted molar refractivity (Wildman–Crippen MR) is 73.6 cm³/mol. The van der Waals surface area contributed by atoms with Crippen molar-refractivity contribution in [2.45, 2.75) is 58.0 Å². The highest BCUT2D eigenvalue weighted by atomic mass is 16.5. The van der Waals surface area contributed by atoms with E-state index in [1.54, 1.807) is 7.11 Å². The van der Waals surface area contributed by atoms with Gasteiger partial charge in [-0.3, -0.25) is 4.79 Å². The molecule has 0 bridgehead atoms. The van der Waals surface area contributed by atoms with Crippen molar-refractivity contribution < 1.29 is 9.53 Å². The van der Waals surface area contributed by atoms with Crippen molar-refractivity contribution >= 4 is 5.91 Å². The number of methoxy groups -OCH3 is 1. The number of ether oxygens (including phenoxy) is 1. The lowest BCUT2D eigenvalue weighted by atomic mass is 10.1. The van der Waals surface area contributed by atoms with E-state index in [1.807, 2.05) is 11.8 Å². The standard InChI is InChI=1S/C14H28N2O2/c1-4-8-13(11-18-3)15-12(2)14(17)16-9-6-5-7-10-16/h12-13,15H,4-11H2,1-3H3. The molecule has 1 amide bonds. The first-order chi connectivity index (χ1) is 8.69. The van der Waals surface area contributed by atoms with Crippen molar-refractivity contribution in [2.75, 3.05) is 26.8 Å². The molecule has 4 nitrogen and oxygen atoms in total. The summed E-state index contributed by atoms with van der Waals surface area (Å²) in [5.41, 5.74) is 0. The smallest absolute Gasteiger partial charge is 0.239 e. The summed E-state index contributed by atoms with van der Waals surface area (Å²) in [6.45, 7) is 6.64. The summed E-state index contributed by atoms with van der Waals surface area (Å²) in [6, 6.07) is 0.179. The Bertz CT molecular complexity index is 234. The second-order valence-electron chi connectivity index (χ2n) is 5.22. The van der Waals surface area contributed by atoms with Crippen LogP contribution in [-0.4, -0.2) is 49.7 Å². The Morgan fingerprint density at radius 3 is 2.56 bits per heavy atom. The molecule has 0 aromatic heterocycles. The number of piperidine rings is 1. The average molecular weight is 256 g/mol. The quantitative estimate of drug-likeness (QED) is 0.755. The van der Waals surface area contributed by atoms with Gasteiger partial charge in [0.15, 0.2) is 0 Å². The monoisotopic (exact) mass is 256 g/mol. The molecule has 2 atom stereocenters. The molecular weight excluding hydrogens is 228 g/mol. The Morgan fingerprint density at radius 2 is 2.00 bits per heavy atom. The number of amides is 1. The molecule has 1 N–H and O–H groups in total. The highest BCUT2D eigenvalue weighted by Crippen LogP contribution is 2.10.